The third-order valence-electron chi connectivity index (χ3n) is 2.90. The molecule has 0 bridgehead atoms. The predicted molar refractivity (Wildman–Crippen MR) is 62.9 cm³/mol. The van der Waals surface area contributed by atoms with Crippen LogP contribution in [0.5, 0.6) is 0 Å². The maximum Gasteiger partial charge on any atom is 0.323 e. The molecule has 3 heterocycles. The first kappa shape index (κ1) is 10.0. The number of nitrogens with one attached hydrogen (secondary N) is 2. The molecule has 1 aromatic rings. The minimum atomic E-state index is -0.00898. The largest absolute Gasteiger partial charge is 0.338 e. The molecule has 0 aliphatic carbocycles. The van der Waals surface area contributed by atoms with Crippen LogP contribution in [0.1, 0.15) is 17.0 Å². The fourth-order valence-corrected chi connectivity index (χ4v) is 3.14. The SMILES string of the molecule is O=C1NCCCN1c1nc2c(s1)CNCC2. The van der Waals surface area contributed by atoms with Gasteiger partial charge in [-0.2, -0.15) is 0 Å². The van der Waals surface area contributed by atoms with E-state index in [0.29, 0.717) is 0 Å². The highest BCUT2D eigenvalue weighted by Gasteiger charge is 2.24. The molecule has 1 saturated heterocycles. The van der Waals surface area contributed by atoms with Crippen LogP contribution in [0.15, 0.2) is 0 Å². The maximum absolute atomic E-state index is 11.7. The molecule has 6 heteroatoms. The molecule has 2 amide bonds. The minimum absolute atomic E-state index is 0.00898. The van der Waals surface area contributed by atoms with Crippen LogP contribution >= 0.6 is 11.3 Å². The van der Waals surface area contributed by atoms with Crippen LogP contribution in [-0.4, -0.2) is 30.6 Å². The number of anilines is 1. The van der Waals surface area contributed by atoms with Gasteiger partial charge in [-0.1, -0.05) is 11.3 Å². The summed E-state index contributed by atoms with van der Waals surface area (Å²) in [6.45, 7) is 3.44. The van der Waals surface area contributed by atoms with Crippen LogP contribution in [0.3, 0.4) is 0 Å². The number of urea groups is 1. The summed E-state index contributed by atoms with van der Waals surface area (Å²) in [4.78, 5) is 19.3. The highest BCUT2D eigenvalue weighted by molar-refractivity contribution is 7.15. The van der Waals surface area contributed by atoms with Crippen molar-refractivity contribution in [2.24, 2.45) is 0 Å². The van der Waals surface area contributed by atoms with Crippen molar-refractivity contribution in [3.8, 4) is 0 Å². The molecular weight excluding hydrogens is 224 g/mol. The maximum atomic E-state index is 11.7. The van der Waals surface area contributed by atoms with Crippen LogP contribution in [-0.2, 0) is 13.0 Å². The zero-order valence-corrected chi connectivity index (χ0v) is 9.77. The van der Waals surface area contributed by atoms with Gasteiger partial charge in [-0.15, -0.1) is 0 Å². The second kappa shape index (κ2) is 4.03. The van der Waals surface area contributed by atoms with Crippen molar-refractivity contribution in [3.63, 3.8) is 0 Å². The second-order valence-electron chi connectivity index (χ2n) is 4.03. The highest BCUT2D eigenvalue weighted by atomic mass is 32.1. The fourth-order valence-electron chi connectivity index (χ4n) is 2.04. The molecule has 86 valence electrons. The molecule has 0 atom stereocenters. The topological polar surface area (TPSA) is 57.3 Å². The molecule has 3 rings (SSSR count). The van der Waals surface area contributed by atoms with E-state index in [2.05, 4.69) is 15.6 Å². The minimum Gasteiger partial charge on any atom is -0.338 e. The molecule has 2 aliphatic heterocycles. The Balaban J connectivity index is 1.88. The molecule has 0 spiro atoms. The van der Waals surface area contributed by atoms with Gasteiger partial charge in [-0.05, 0) is 6.42 Å². The van der Waals surface area contributed by atoms with Gasteiger partial charge in [0.05, 0.1) is 5.69 Å². The molecular formula is C10H14N4OS. The van der Waals surface area contributed by atoms with Crippen LogP contribution in [0.2, 0.25) is 0 Å². The number of carbonyl (C=O) groups is 1. The normalized spacial score (nSPS) is 20.5. The van der Waals surface area contributed by atoms with E-state index in [-0.39, 0.29) is 6.03 Å². The Morgan fingerprint density at radius 1 is 1.38 bits per heavy atom. The number of fused-ring (bicyclic) bond motifs is 1. The van der Waals surface area contributed by atoms with Gasteiger partial charge in [-0.3, -0.25) is 4.90 Å². The van der Waals surface area contributed by atoms with E-state index in [1.165, 1.54) is 4.88 Å². The average Bonchev–Trinajstić information content (AvgIpc) is 2.73. The Kier molecular flexibility index (Phi) is 2.53. The number of hydrogen-bond donors (Lipinski definition) is 2. The molecule has 2 N–H and O–H groups in total. The van der Waals surface area contributed by atoms with Crippen molar-refractivity contribution in [2.75, 3.05) is 24.5 Å². The van der Waals surface area contributed by atoms with Crippen molar-refractivity contribution in [1.82, 2.24) is 15.6 Å². The first-order valence-electron chi connectivity index (χ1n) is 5.59. The van der Waals surface area contributed by atoms with Crippen molar-refractivity contribution < 1.29 is 4.79 Å². The van der Waals surface area contributed by atoms with Gasteiger partial charge in [0.2, 0.25) is 0 Å². The lowest BCUT2D eigenvalue weighted by Crippen LogP contribution is -2.46. The summed E-state index contributed by atoms with van der Waals surface area (Å²) in [6, 6.07) is -0.00898. The Bertz CT molecular complexity index is 393. The van der Waals surface area contributed by atoms with E-state index >= 15 is 0 Å². The van der Waals surface area contributed by atoms with Crippen molar-refractivity contribution in [2.45, 2.75) is 19.4 Å². The number of aromatic nitrogens is 1. The van der Waals surface area contributed by atoms with Crippen molar-refractivity contribution in [3.05, 3.63) is 10.6 Å². The predicted octanol–water partition coefficient (Wildman–Crippen LogP) is 0.708. The first-order chi connectivity index (χ1) is 7.84. The zero-order chi connectivity index (χ0) is 11.0. The van der Waals surface area contributed by atoms with Crippen molar-refractivity contribution in [1.29, 1.82) is 0 Å². The first-order valence-corrected chi connectivity index (χ1v) is 6.41. The lowest BCUT2D eigenvalue weighted by atomic mass is 10.2. The molecule has 1 aromatic heterocycles. The van der Waals surface area contributed by atoms with Crippen LogP contribution < -0.4 is 15.5 Å². The molecule has 0 radical (unpaired) electrons. The summed E-state index contributed by atoms with van der Waals surface area (Å²) in [5.74, 6) is 0. The van der Waals surface area contributed by atoms with Crippen molar-refractivity contribution >= 4 is 22.5 Å². The lowest BCUT2D eigenvalue weighted by molar-refractivity contribution is 0.243. The molecule has 5 nitrogen and oxygen atoms in total. The number of amides is 2. The summed E-state index contributed by atoms with van der Waals surface area (Å²) in [5.41, 5.74) is 1.16. The summed E-state index contributed by atoms with van der Waals surface area (Å²) >= 11 is 1.64. The Labute approximate surface area is 97.9 Å². The molecule has 0 unspecified atom stereocenters. The number of carbonyl (C=O) groups excluding carboxylic acids is 1. The van der Waals surface area contributed by atoms with E-state index in [1.807, 2.05) is 0 Å². The lowest BCUT2D eigenvalue weighted by Gasteiger charge is -2.24. The third kappa shape index (κ3) is 1.68. The highest BCUT2D eigenvalue weighted by Crippen LogP contribution is 2.29. The summed E-state index contributed by atoms with van der Waals surface area (Å²) in [5, 5.41) is 7.02. The number of rotatable bonds is 1. The van der Waals surface area contributed by atoms with Gasteiger partial charge in [0, 0.05) is 37.5 Å². The fraction of sp³-hybridized carbons (Fsp3) is 0.600. The summed E-state index contributed by atoms with van der Waals surface area (Å²) in [6.07, 6.45) is 1.97. The second-order valence-corrected chi connectivity index (χ2v) is 5.09. The van der Waals surface area contributed by atoms with Gasteiger partial charge in [0.25, 0.3) is 0 Å². The molecule has 16 heavy (non-hydrogen) atoms. The smallest absolute Gasteiger partial charge is 0.323 e. The van der Waals surface area contributed by atoms with E-state index in [4.69, 9.17) is 0 Å². The molecule has 0 aromatic carbocycles. The Hall–Kier alpha value is -1.14. The Morgan fingerprint density at radius 2 is 2.31 bits per heavy atom. The quantitative estimate of drug-likeness (QED) is 0.757. The molecule has 1 fully saturated rings. The van der Waals surface area contributed by atoms with Gasteiger partial charge in [0.15, 0.2) is 5.13 Å². The molecule has 2 aliphatic rings. The molecule has 0 saturated carbocycles. The summed E-state index contributed by atoms with van der Waals surface area (Å²) in [7, 11) is 0. The van der Waals surface area contributed by atoms with Crippen LogP contribution in [0.4, 0.5) is 9.93 Å². The standard InChI is InChI=1S/C10H14N4OS/c15-9-12-3-1-5-14(9)10-13-7-2-4-11-6-8(7)16-10/h11H,1-6H2,(H,12,15). The van der Waals surface area contributed by atoms with E-state index in [1.54, 1.807) is 16.2 Å². The monoisotopic (exact) mass is 238 g/mol. The summed E-state index contributed by atoms with van der Waals surface area (Å²) < 4.78 is 0. The third-order valence-corrected chi connectivity index (χ3v) is 4.02. The average molecular weight is 238 g/mol. The van der Waals surface area contributed by atoms with E-state index in [0.717, 1.165) is 49.8 Å². The van der Waals surface area contributed by atoms with Crippen LogP contribution in [0.25, 0.3) is 0 Å². The number of thiazole rings is 1. The number of hydrogen-bond acceptors (Lipinski definition) is 4. The van der Waals surface area contributed by atoms with Gasteiger partial charge >= 0.3 is 6.03 Å². The van der Waals surface area contributed by atoms with Gasteiger partial charge in [-0.25, -0.2) is 9.78 Å². The number of nitrogens with zero attached hydrogens (tertiary/aromatic N) is 2. The van der Waals surface area contributed by atoms with Gasteiger partial charge in [0.1, 0.15) is 0 Å². The van der Waals surface area contributed by atoms with E-state index in [9.17, 15) is 4.79 Å². The zero-order valence-electron chi connectivity index (χ0n) is 8.95. The Morgan fingerprint density at radius 3 is 3.12 bits per heavy atom. The van der Waals surface area contributed by atoms with Gasteiger partial charge < -0.3 is 10.6 Å². The van der Waals surface area contributed by atoms with E-state index < -0.39 is 0 Å². The van der Waals surface area contributed by atoms with Crippen LogP contribution in [0, 0.1) is 0 Å².